The van der Waals surface area contributed by atoms with Gasteiger partial charge in [0.2, 0.25) is 5.91 Å². The van der Waals surface area contributed by atoms with Crippen LogP contribution in [0.5, 0.6) is 5.75 Å². The first-order valence-corrected chi connectivity index (χ1v) is 6.82. The van der Waals surface area contributed by atoms with E-state index in [4.69, 9.17) is 27.9 Å². The van der Waals surface area contributed by atoms with Gasteiger partial charge in [-0.15, -0.1) is 0 Å². The molecule has 6 heteroatoms. The Hall–Kier alpha value is -1.78. The van der Waals surface area contributed by atoms with E-state index >= 15 is 0 Å². The number of carbonyl (C=O) groups excluding carboxylic acids is 1. The Morgan fingerprint density at radius 1 is 1.24 bits per heavy atom. The third kappa shape index (κ3) is 4.09. The number of anilines is 1. The fraction of sp³-hybridized carbons (Fsp3) is 0.133. The summed E-state index contributed by atoms with van der Waals surface area (Å²) >= 11 is 11.6. The van der Waals surface area contributed by atoms with Crippen LogP contribution in [0, 0.1) is 5.82 Å². The molecule has 0 fully saturated rings. The summed E-state index contributed by atoms with van der Waals surface area (Å²) in [5, 5.41) is 3.11. The van der Waals surface area contributed by atoms with Crippen LogP contribution in [0.15, 0.2) is 36.4 Å². The first kappa shape index (κ1) is 15.6. The summed E-state index contributed by atoms with van der Waals surface area (Å²) in [5.74, 6) is -0.240. The quantitative estimate of drug-likeness (QED) is 0.908. The molecular weight excluding hydrogens is 316 g/mol. The maximum absolute atomic E-state index is 13.1. The van der Waals surface area contributed by atoms with Crippen LogP contribution in [0.1, 0.15) is 5.56 Å². The summed E-state index contributed by atoms with van der Waals surface area (Å²) in [7, 11) is 1.52. The average molecular weight is 328 g/mol. The van der Waals surface area contributed by atoms with Crippen molar-refractivity contribution in [2.45, 2.75) is 6.42 Å². The Morgan fingerprint density at radius 3 is 2.67 bits per heavy atom. The number of hydrogen-bond donors (Lipinski definition) is 1. The van der Waals surface area contributed by atoms with Gasteiger partial charge < -0.3 is 10.1 Å². The molecule has 3 nitrogen and oxygen atoms in total. The molecule has 110 valence electrons. The predicted molar refractivity (Wildman–Crippen MR) is 81.7 cm³/mol. The van der Waals surface area contributed by atoms with Gasteiger partial charge in [-0.25, -0.2) is 4.39 Å². The molecule has 0 saturated carbocycles. The van der Waals surface area contributed by atoms with Crippen molar-refractivity contribution in [3.05, 3.63) is 57.8 Å². The second-order valence-corrected chi connectivity index (χ2v) is 5.15. The minimum Gasteiger partial charge on any atom is -0.496 e. The van der Waals surface area contributed by atoms with Gasteiger partial charge in [0.1, 0.15) is 11.6 Å². The van der Waals surface area contributed by atoms with Gasteiger partial charge in [-0.05, 0) is 36.4 Å². The van der Waals surface area contributed by atoms with Gasteiger partial charge in [-0.3, -0.25) is 4.79 Å². The minimum absolute atomic E-state index is 0.0480. The van der Waals surface area contributed by atoms with E-state index in [9.17, 15) is 9.18 Å². The number of rotatable bonds is 4. The van der Waals surface area contributed by atoms with Gasteiger partial charge in [0.15, 0.2) is 0 Å². The molecule has 0 aromatic heterocycles. The molecule has 2 aromatic carbocycles. The van der Waals surface area contributed by atoms with Crippen molar-refractivity contribution in [2.24, 2.45) is 0 Å². The van der Waals surface area contributed by atoms with Crippen LogP contribution in [0.4, 0.5) is 10.1 Å². The van der Waals surface area contributed by atoms with Crippen molar-refractivity contribution in [3.63, 3.8) is 0 Å². The average Bonchev–Trinajstić information content (AvgIpc) is 2.43. The van der Waals surface area contributed by atoms with Gasteiger partial charge in [-0.2, -0.15) is 0 Å². The SMILES string of the molecule is COc1ccc(Cl)cc1CC(=O)Nc1ccc(F)c(Cl)c1. The Balaban J connectivity index is 2.11. The van der Waals surface area contributed by atoms with Gasteiger partial charge in [0.25, 0.3) is 0 Å². The van der Waals surface area contributed by atoms with E-state index < -0.39 is 5.82 Å². The highest BCUT2D eigenvalue weighted by molar-refractivity contribution is 6.31. The van der Waals surface area contributed by atoms with Crippen LogP contribution in [0.3, 0.4) is 0 Å². The molecule has 0 atom stereocenters. The number of ether oxygens (including phenoxy) is 1. The zero-order chi connectivity index (χ0) is 15.4. The Bertz CT molecular complexity index is 677. The maximum Gasteiger partial charge on any atom is 0.228 e. The fourth-order valence-electron chi connectivity index (χ4n) is 1.84. The number of benzene rings is 2. The molecule has 0 bridgehead atoms. The summed E-state index contributed by atoms with van der Waals surface area (Å²) < 4.78 is 18.2. The summed E-state index contributed by atoms with van der Waals surface area (Å²) in [6, 6.07) is 9.02. The van der Waals surface area contributed by atoms with Gasteiger partial charge in [-0.1, -0.05) is 23.2 Å². The predicted octanol–water partition coefficient (Wildman–Crippen LogP) is 4.32. The van der Waals surface area contributed by atoms with Crippen molar-refractivity contribution in [3.8, 4) is 5.75 Å². The summed E-state index contributed by atoms with van der Waals surface area (Å²) in [4.78, 5) is 12.0. The lowest BCUT2D eigenvalue weighted by molar-refractivity contribution is -0.115. The lowest BCUT2D eigenvalue weighted by atomic mass is 10.1. The Labute approximate surface area is 131 Å². The third-order valence-corrected chi connectivity index (χ3v) is 3.32. The molecule has 21 heavy (non-hydrogen) atoms. The summed E-state index contributed by atoms with van der Waals surface area (Å²) in [6.07, 6.45) is 0.0821. The normalized spacial score (nSPS) is 10.3. The number of amides is 1. The Kier molecular flexibility index (Phi) is 5.04. The van der Waals surface area contributed by atoms with E-state index in [1.54, 1.807) is 18.2 Å². The van der Waals surface area contributed by atoms with Crippen LogP contribution in [-0.4, -0.2) is 13.0 Å². The lowest BCUT2D eigenvalue weighted by Gasteiger charge is -2.10. The molecule has 2 rings (SSSR count). The van der Waals surface area contributed by atoms with Crippen molar-refractivity contribution >= 4 is 34.8 Å². The van der Waals surface area contributed by atoms with Crippen molar-refractivity contribution in [1.29, 1.82) is 0 Å². The van der Waals surface area contributed by atoms with Crippen LogP contribution in [0.2, 0.25) is 10.0 Å². The largest absolute Gasteiger partial charge is 0.496 e. The molecule has 2 aromatic rings. The van der Waals surface area contributed by atoms with Gasteiger partial charge in [0.05, 0.1) is 18.6 Å². The molecule has 1 amide bonds. The zero-order valence-electron chi connectivity index (χ0n) is 11.1. The number of hydrogen-bond acceptors (Lipinski definition) is 2. The van der Waals surface area contributed by atoms with Crippen LogP contribution < -0.4 is 10.1 Å². The van der Waals surface area contributed by atoms with Crippen LogP contribution >= 0.6 is 23.2 Å². The molecule has 0 radical (unpaired) electrons. The first-order valence-electron chi connectivity index (χ1n) is 6.07. The molecule has 0 aliphatic carbocycles. The molecule has 0 aliphatic heterocycles. The topological polar surface area (TPSA) is 38.3 Å². The molecule has 0 unspecified atom stereocenters. The van der Waals surface area contributed by atoms with Crippen molar-refractivity contribution in [1.82, 2.24) is 0 Å². The fourth-order valence-corrected chi connectivity index (χ4v) is 2.21. The highest BCUT2D eigenvalue weighted by atomic mass is 35.5. The smallest absolute Gasteiger partial charge is 0.228 e. The molecule has 0 heterocycles. The highest BCUT2D eigenvalue weighted by Crippen LogP contribution is 2.24. The summed E-state index contributed by atoms with van der Waals surface area (Å²) in [5.41, 5.74) is 1.09. The second-order valence-electron chi connectivity index (χ2n) is 4.31. The van der Waals surface area contributed by atoms with E-state index in [1.807, 2.05) is 0 Å². The second kappa shape index (κ2) is 6.78. The standard InChI is InChI=1S/C15H12Cl2FNO2/c1-21-14-5-2-10(16)6-9(14)7-15(20)19-11-3-4-13(18)12(17)8-11/h2-6,8H,7H2,1H3,(H,19,20). The minimum atomic E-state index is -0.536. The number of carbonyl (C=O) groups is 1. The van der Waals surface area contributed by atoms with E-state index in [1.165, 1.54) is 25.3 Å². The highest BCUT2D eigenvalue weighted by Gasteiger charge is 2.10. The first-order chi connectivity index (χ1) is 9.99. The Morgan fingerprint density at radius 2 is 2.00 bits per heavy atom. The van der Waals surface area contributed by atoms with Crippen LogP contribution in [0.25, 0.3) is 0 Å². The molecule has 1 N–H and O–H groups in total. The maximum atomic E-state index is 13.1. The van der Waals surface area contributed by atoms with E-state index in [2.05, 4.69) is 5.32 Å². The molecule has 0 saturated heterocycles. The van der Waals surface area contributed by atoms with E-state index in [-0.39, 0.29) is 17.4 Å². The number of methoxy groups -OCH3 is 1. The summed E-state index contributed by atoms with van der Waals surface area (Å²) in [6.45, 7) is 0. The van der Waals surface area contributed by atoms with E-state index in [0.717, 1.165) is 0 Å². The van der Waals surface area contributed by atoms with Gasteiger partial charge in [0, 0.05) is 16.3 Å². The van der Waals surface area contributed by atoms with Gasteiger partial charge >= 0.3 is 0 Å². The molecule has 0 aliphatic rings. The number of nitrogens with one attached hydrogen (secondary N) is 1. The monoisotopic (exact) mass is 327 g/mol. The van der Waals surface area contributed by atoms with Crippen molar-refractivity contribution < 1.29 is 13.9 Å². The lowest BCUT2D eigenvalue weighted by Crippen LogP contribution is -2.15. The van der Waals surface area contributed by atoms with Crippen molar-refractivity contribution in [2.75, 3.05) is 12.4 Å². The third-order valence-electron chi connectivity index (χ3n) is 2.80. The zero-order valence-corrected chi connectivity index (χ0v) is 12.6. The number of halogens is 3. The van der Waals surface area contributed by atoms with Crippen LogP contribution in [-0.2, 0) is 11.2 Å². The molecular formula is C15H12Cl2FNO2. The molecule has 0 spiro atoms. The van der Waals surface area contributed by atoms with E-state index in [0.29, 0.717) is 22.0 Å².